The molecule has 0 atom stereocenters. The molecule has 0 aliphatic rings. The van der Waals surface area contributed by atoms with Crippen LogP contribution in [-0.4, -0.2) is 27.4 Å². The molecule has 0 saturated heterocycles. The number of hydrogen-bond donors (Lipinski definition) is 2. The Bertz CT molecular complexity index is 1060. The number of nitrogens with one attached hydrogen (secondary N) is 2. The molecule has 2 N–H and O–H groups in total. The summed E-state index contributed by atoms with van der Waals surface area (Å²) in [5.74, 6) is -2.72. The molecule has 0 saturated carbocycles. The van der Waals surface area contributed by atoms with Crippen LogP contribution in [0.15, 0.2) is 54.6 Å². The van der Waals surface area contributed by atoms with E-state index < -0.39 is 23.4 Å². The summed E-state index contributed by atoms with van der Waals surface area (Å²) in [4.78, 5) is 36.8. The Hall–Kier alpha value is -3.81. The summed E-state index contributed by atoms with van der Waals surface area (Å²) in [6.07, 6.45) is -0.0707. The van der Waals surface area contributed by atoms with Gasteiger partial charge in [-0.3, -0.25) is 25.2 Å². The summed E-state index contributed by atoms with van der Waals surface area (Å²) < 4.78 is 14.5. The highest BCUT2D eigenvalue weighted by atomic mass is 19.1. The summed E-state index contributed by atoms with van der Waals surface area (Å²) in [5, 5.41) is 4.34. The summed E-state index contributed by atoms with van der Waals surface area (Å²) in [6, 6.07) is 14.6. The van der Waals surface area contributed by atoms with E-state index in [1.54, 1.807) is 18.5 Å². The van der Waals surface area contributed by atoms with Crippen LogP contribution in [0.2, 0.25) is 0 Å². The molecule has 1 heterocycles. The molecule has 0 fully saturated rings. The molecule has 2 aromatic carbocycles. The molecule has 148 valence electrons. The number of amides is 2. The van der Waals surface area contributed by atoms with Crippen LogP contribution in [0.4, 0.5) is 4.39 Å². The maximum atomic E-state index is 12.9. The first-order valence-electron chi connectivity index (χ1n) is 8.86. The van der Waals surface area contributed by atoms with E-state index in [0.29, 0.717) is 17.0 Å². The number of aryl methyl sites for hydroxylation is 1. The van der Waals surface area contributed by atoms with Gasteiger partial charge < -0.3 is 0 Å². The fourth-order valence-corrected chi connectivity index (χ4v) is 2.92. The first kappa shape index (κ1) is 19.9. The SMILES string of the molecule is Cc1nn(-c2ccccc2)c(C)c1C(=O)C(=O)NNC(=O)Cc1ccc(F)cc1. The number of carbonyl (C=O) groups is 3. The number of hydrogen-bond acceptors (Lipinski definition) is 4. The van der Waals surface area contributed by atoms with E-state index in [2.05, 4.69) is 16.0 Å². The molecular formula is C21H19FN4O3. The van der Waals surface area contributed by atoms with Crippen molar-refractivity contribution in [2.24, 2.45) is 0 Å². The molecule has 0 radical (unpaired) electrons. The van der Waals surface area contributed by atoms with Gasteiger partial charge in [0.15, 0.2) is 0 Å². The predicted octanol–water partition coefficient (Wildman–Crippen LogP) is 2.20. The zero-order valence-corrected chi connectivity index (χ0v) is 15.9. The molecule has 2 amide bonds. The number of ketones is 1. The van der Waals surface area contributed by atoms with Gasteiger partial charge in [0.1, 0.15) is 5.82 Å². The molecule has 0 aliphatic carbocycles. The van der Waals surface area contributed by atoms with E-state index in [9.17, 15) is 18.8 Å². The van der Waals surface area contributed by atoms with Gasteiger partial charge in [0.2, 0.25) is 5.91 Å². The molecule has 3 rings (SSSR count). The van der Waals surface area contributed by atoms with Crippen molar-refractivity contribution < 1.29 is 18.8 Å². The van der Waals surface area contributed by atoms with Crippen molar-refractivity contribution in [1.29, 1.82) is 0 Å². The van der Waals surface area contributed by atoms with Crippen molar-refractivity contribution in [2.45, 2.75) is 20.3 Å². The van der Waals surface area contributed by atoms with Crippen LogP contribution < -0.4 is 10.9 Å². The van der Waals surface area contributed by atoms with Crippen LogP contribution in [0.5, 0.6) is 0 Å². The van der Waals surface area contributed by atoms with Crippen molar-refractivity contribution in [3.05, 3.63) is 82.9 Å². The van der Waals surface area contributed by atoms with Gasteiger partial charge in [-0.2, -0.15) is 5.10 Å². The number of aromatic nitrogens is 2. The lowest BCUT2D eigenvalue weighted by Crippen LogP contribution is -2.45. The maximum absolute atomic E-state index is 12.9. The van der Waals surface area contributed by atoms with Gasteiger partial charge >= 0.3 is 5.91 Å². The predicted molar refractivity (Wildman–Crippen MR) is 104 cm³/mol. The van der Waals surface area contributed by atoms with Crippen molar-refractivity contribution in [1.82, 2.24) is 20.6 Å². The Morgan fingerprint density at radius 1 is 0.966 bits per heavy atom. The van der Waals surface area contributed by atoms with Gasteiger partial charge in [-0.05, 0) is 43.7 Å². The average molecular weight is 394 g/mol. The van der Waals surface area contributed by atoms with Crippen LogP contribution in [0.25, 0.3) is 5.69 Å². The van der Waals surface area contributed by atoms with E-state index in [-0.39, 0.29) is 12.0 Å². The van der Waals surface area contributed by atoms with Crippen LogP contribution in [-0.2, 0) is 16.0 Å². The van der Waals surface area contributed by atoms with Gasteiger partial charge in [0, 0.05) is 0 Å². The van der Waals surface area contributed by atoms with E-state index in [4.69, 9.17) is 0 Å². The molecule has 29 heavy (non-hydrogen) atoms. The lowest BCUT2D eigenvalue weighted by Gasteiger charge is -2.08. The first-order chi connectivity index (χ1) is 13.9. The zero-order valence-electron chi connectivity index (χ0n) is 15.9. The number of para-hydroxylation sites is 1. The fraction of sp³-hybridized carbons (Fsp3) is 0.143. The zero-order chi connectivity index (χ0) is 21.0. The molecular weight excluding hydrogens is 375 g/mol. The Labute approximate surface area is 166 Å². The number of halogens is 1. The minimum atomic E-state index is -0.976. The number of nitrogens with zero attached hydrogens (tertiary/aromatic N) is 2. The highest BCUT2D eigenvalue weighted by Gasteiger charge is 2.25. The molecule has 3 aromatic rings. The summed E-state index contributed by atoms with van der Waals surface area (Å²) >= 11 is 0. The largest absolute Gasteiger partial charge is 0.310 e. The van der Waals surface area contributed by atoms with Crippen molar-refractivity contribution >= 4 is 17.6 Å². The average Bonchev–Trinajstić information content (AvgIpc) is 3.02. The quantitative estimate of drug-likeness (QED) is 0.394. The molecule has 0 aliphatic heterocycles. The van der Waals surface area contributed by atoms with Crippen LogP contribution in [0, 0.1) is 19.7 Å². The van der Waals surface area contributed by atoms with Crippen LogP contribution >= 0.6 is 0 Å². The van der Waals surface area contributed by atoms with E-state index in [1.807, 2.05) is 30.3 Å². The minimum absolute atomic E-state index is 0.0707. The molecule has 1 aromatic heterocycles. The second kappa shape index (κ2) is 8.47. The molecule has 7 nitrogen and oxygen atoms in total. The molecule has 0 bridgehead atoms. The molecule has 0 unspecified atom stereocenters. The smallest absolute Gasteiger partial charge is 0.283 e. The normalized spacial score (nSPS) is 10.4. The van der Waals surface area contributed by atoms with E-state index in [0.717, 1.165) is 5.69 Å². The van der Waals surface area contributed by atoms with Gasteiger partial charge in [-0.15, -0.1) is 0 Å². The highest BCUT2D eigenvalue weighted by Crippen LogP contribution is 2.18. The van der Waals surface area contributed by atoms with Crippen LogP contribution in [0.3, 0.4) is 0 Å². The number of benzene rings is 2. The van der Waals surface area contributed by atoms with Crippen molar-refractivity contribution in [3.63, 3.8) is 0 Å². The van der Waals surface area contributed by atoms with E-state index in [1.165, 1.54) is 24.3 Å². The molecule has 0 spiro atoms. The number of rotatable bonds is 5. The third-order valence-electron chi connectivity index (χ3n) is 4.32. The number of Topliss-reactive ketones (excluding diaryl/α,β-unsaturated/α-hetero) is 1. The van der Waals surface area contributed by atoms with Crippen molar-refractivity contribution in [2.75, 3.05) is 0 Å². The first-order valence-corrected chi connectivity index (χ1v) is 8.86. The number of hydrazine groups is 1. The summed E-state index contributed by atoms with van der Waals surface area (Å²) in [6.45, 7) is 3.33. The minimum Gasteiger partial charge on any atom is -0.283 e. The third kappa shape index (κ3) is 4.55. The van der Waals surface area contributed by atoms with E-state index >= 15 is 0 Å². The maximum Gasteiger partial charge on any atom is 0.310 e. The second-order valence-corrected chi connectivity index (χ2v) is 6.43. The van der Waals surface area contributed by atoms with Crippen molar-refractivity contribution in [3.8, 4) is 5.69 Å². The topological polar surface area (TPSA) is 93.1 Å². The molecule has 8 heteroatoms. The monoisotopic (exact) mass is 394 g/mol. The van der Waals surface area contributed by atoms with Crippen LogP contribution in [0.1, 0.15) is 27.3 Å². The number of carbonyl (C=O) groups excluding carboxylic acids is 3. The van der Waals surface area contributed by atoms with Gasteiger partial charge in [0.25, 0.3) is 5.78 Å². The standard InChI is InChI=1S/C21H19FN4O3/c1-13-19(14(2)26(25-13)17-6-4-3-5-7-17)20(28)21(29)24-23-18(27)12-15-8-10-16(22)11-9-15/h3-11H,12H2,1-2H3,(H,23,27)(H,24,29). The lowest BCUT2D eigenvalue weighted by molar-refractivity contribution is -0.126. The lowest BCUT2D eigenvalue weighted by atomic mass is 10.1. The summed E-state index contributed by atoms with van der Waals surface area (Å²) in [7, 11) is 0. The fourth-order valence-electron chi connectivity index (χ4n) is 2.92. The Morgan fingerprint density at radius 3 is 2.28 bits per heavy atom. The van der Waals surface area contributed by atoms with Gasteiger partial charge in [-0.1, -0.05) is 30.3 Å². The van der Waals surface area contributed by atoms with Gasteiger partial charge in [0.05, 0.1) is 29.1 Å². The summed E-state index contributed by atoms with van der Waals surface area (Å²) in [5.41, 5.74) is 6.75. The Kier molecular flexibility index (Phi) is 5.82. The third-order valence-corrected chi connectivity index (χ3v) is 4.32. The van der Waals surface area contributed by atoms with Gasteiger partial charge in [-0.25, -0.2) is 9.07 Å². The second-order valence-electron chi connectivity index (χ2n) is 6.43. The Morgan fingerprint density at radius 2 is 1.62 bits per heavy atom. The highest BCUT2D eigenvalue weighted by molar-refractivity contribution is 6.43. The Balaban J connectivity index is 1.66.